The van der Waals surface area contributed by atoms with Crippen molar-refractivity contribution in [2.45, 2.75) is 13.3 Å². The third-order valence-corrected chi connectivity index (χ3v) is 4.80. The fourth-order valence-electron chi connectivity index (χ4n) is 3.73. The van der Waals surface area contributed by atoms with Gasteiger partial charge in [-0.2, -0.15) is 0 Å². The highest BCUT2D eigenvalue weighted by atomic mass is 14.7. The molecule has 22 heavy (non-hydrogen) atoms. The largest absolute Gasteiger partial charge is 0.252 e. The minimum absolute atomic E-state index is 0.989. The molecular formula is C21H15N. The van der Waals surface area contributed by atoms with Gasteiger partial charge in [0.1, 0.15) is 0 Å². The van der Waals surface area contributed by atoms with Crippen molar-refractivity contribution < 1.29 is 0 Å². The molecule has 0 saturated heterocycles. The highest BCUT2D eigenvalue weighted by molar-refractivity contribution is 5.97. The number of pyridine rings is 1. The molecule has 0 atom stereocenters. The van der Waals surface area contributed by atoms with Crippen molar-refractivity contribution in [2.75, 3.05) is 0 Å². The average molecular weight is 281 g/mol. The van der Waals surface area contributed by atoms with Crippen LogP contribution in [0.3, 0.4) is 0 Å². The van der Waals surface area contributed by atoms with E-state index in [1.807, 2.05) is 0 Å². The third-order valence-electron chi connectivity index (χ3n) is 4.80. The van der Waals surface area contributed by atoms with Gasteiger partial charge in [-0.05, 0) is 40.3 Å². The number of hydrogen-bond acceptors (Lipinski definition) is 1. The lowest BCUT2D eigenvalue weighted by Gasteiger charge is -2.08. The first-order chi connectivity index (χ1) is 10.8. The van der Waals surface area contributed by atoms with Crippen LogP contribution in [0.5, 0.6) is 0 Å². The standard InChI is InChI=1S/C21H15N/c1-13-17-8-4-5-9-18(17)20-12-16-10-14-6-2-3-7-15(14)11-19(16)21(20)22-13/h2-11H,12H2,1H3. The predicted molar refractivity (Wildman–Crippen MR) is 92.2 cm³/mol. The molecule has 4 aromatic rings. The summed E-state index contributed by atoms with van der Waals surface area (Å²) in [6, 6.07) is 21.8. The fraction of sp³-hybridized carbons (Fsp3) is 0.0952. The van der Waals surface area contributed by atoms with Crippen LogP contribution >= 0.6 is 0 Å². The van der Waals surface area contributed by atoms with Gasteiger partial charge in [0, 0.05) is 23.1 Å². The summed E-state index contributed by atoms with van der Waals surface area (Å²) in [7, 11) is 0. The Morgan fingerprint density at radius 1 is 0.818 bits per heavy atom. The van der Waals surface area contributed by atoms with Crippen LogP contribution in [0.25, 0.3) is 32.8 Å². The number of hydrogen-bond donors (Lipinski definition) is 0. The van der Waals surface area contributed by atoms with Gasteiger partial charge in [0.15, 0.2) is 0 Å². The maximum absolute atomic E-state index is 4.93. The zero-order chi connectivity index (χ0) is 14.7. The average Bonchev–Trinajstić information content (AvgIpc) is 2.91. The van der Waals surface area contributed by atoms with Crippen LogP contribution in [0.15, 0.2) is 60.7 Å². The van der Waals surface area contributed by atoms with Crippen molar-refractivity contribution in [3.8, 4) is 11.3 Å². The first kappa shape index (κ1) is 11.9. The monoisotopic (exact) mass is 281 g/mol. The van der Waals surface area contributed by atoms with Gasteiger partial charge in [-0.1, -0.05) is 54.6 Å². The molecule has 1 heteroatoms. The highest BCUT2D eigenvalue weighted by Crippen LogP contribution is 2.41. The number of aromatic nitrogens is 1. The molecule has 0 N–H and O–H groups in total. The molecule has 0 aliphatic heterocycles. The summed E-state index contributed by atoms with van der Waals surface area (Å²) in [5.41, 5.74) is 6.39. The predicted octanol–water partition coefficient (Wildman–Crippen LogP) is 5.27. The first-order valence-corrected chi connectivity index (χ1v) is 7.71. The molecule has 0 fully saturated rings. The Labute approximate surface area is 129 Å². The SMILES string of the molecule is Cc1nc2c(c3ccccc13)Cc1cc3ccccc3cc1-2. The molecular weight excluding hydrogens is 266 g/mol. The quantitative estimate of drug-likeness (QED) is 0.377. The molecule has 1 aliphatic carbocycles. The summed E-state index contributed by atoms with van der Waals surface area (Å²) in [4.78, 5) is 4.93. The van der Waals surface area contributed by atoms with Crippen molar-refractivity contribution in [1.82, 2.24) is 4.98 Å². The van der Waals surface area contributed by atoms with Crippen LogP contribution < -0.4 is 0 Å². The number of fused-ring (bicyclic) bond motifs is 6. The molecule has 0 amide bonds. The van der Waals surface area contributed by atoms with Gasteiger partial charge < -0.3 is 0 Å². The van der Waals surface area contributed by atoms with E-state index >= 15 is 0 Å². The van der Waals surface area contributed by atoms with Crippen molar-refractivity contribution in [2.24, 2.45) is 0 Å². The van der Waals surface area contributed by atoms with E-state index in [0.29, 0.717) is 0 Å². The maximum Gasteiger partial charge on any atom is 0.0750 e. The Bertz CT molecular complexity index is 1060. The molecule has 0 unspecified atom stereocenters. The molecule has 1 heterocycles. The zero-order valence-electron chi connectivity index (χ0n) is 12.4. The minimum atomic E-state index is 0.989. The van der Waals surface area contributed by atoms with Crippen LogP contribution in [-0.4, -0.2) is 4.98 Å². The number of benzene rings is 3. The lowest BCUT2D eigenvalue weighted by molar-refractivity contribution is 1.21. The third kappa shape index (κ3) is 1.51. The Morgan fingerprint density at radius 2 is 1.50 bits per heavy atom. The van der Waals surface area contributed by atoms with Crippen LogP contribution in [0, 0.1) is 6.92 Å². The summed E-state index contributed by atoms with van der Waals surface area (Å²) >= 11 is 0. The van der Waals surface area contributed by atoms with E-state index in [4.69, 9.17) is 4.98 Å². The van der Waals surface area contributed by atoms with E-state index in [1.165, 1.54) is 43.9 Å². The fourth-order valence-corrected chi connectivity index (χ4v) is 3.73. The molecule has 1 nitrogen and oxygen atoms in total. The van der Waals surface area contributed by atoms with E-state index in [0.717, 1.165) is 12.1 Å². The topological polar surface area (TPSA) is 12.9 Å². The number of rotatable bonds is 0. The molecule has 104 valence electrons. The second-order valence-electron chi connectivity index (χ2n) is 6.10. The minimum Gasteiger partial charge on any atom is -0.252 e. The van der Waals surface area contributed by atoms with E-state index in [9.17, 15) is 0 Å². The molecule has 3 aromatic carbocycles. The summed E-state index contributed by atoms with van der Waals surface area (Å²) < 4.78 is 0. The summed E-state index contributed by atoms with van der Waals surface area (Å²) in [5, 5.41) is 5.24. The van der Waals surface area contributed by atoms with Crippen LogP contribution in [0.2, 0.25) is 0 Å². The van der Waals surface area contributed by atoms with E-state index in [-0.39, 0.29) is 0 Å². The van der Waals surface area contributed by atoms with Gasteiger partial charge in [-0.15, -0.1) is 0 Å². The van der Waals surface area contributed by atoms with Gasteiger partial charge in [-0.3, -0.25) is 4.98 Å². The molecule has 0 saturated carbocycles. The summed E-state index contributed by atoms with van der Waals surface area (Å²) in [6.45, 7) is 2.11. The molecule has 5 rings (SSSR count). The van der Waals surface area contributed by atoms with Crippen molar-refractivity contribution in [3.63, 3.8) is 0 Å². The van der Waals surface area contributed by atoms with Gasteiger partial charge in [0.2, 0.25) is 0 Å². The number of nitrogens with zero attached hydrogens (tertiary/aromatic N) is 1. The highest BCUT2D eigenvalue weighted by Gasteiger charge is 2.23. The zero-order valence-corrected chi connectivity index (χ0v) is 12.4. The first-order valence-electron chi connectivity index (χ1n) is 7.71. The second-order valence-corrected chi connectivity index (χ2v) is 6.10. The van der Waals surface area contributed by atoms with Crippen molar-refractivity contribution in [3.05, 3.63) is 77.5 Å². The van der Waals surface area contributed by atoms with Crippen molar-refractivity contribution >= 4 is 21.5 Å². The van der Waals surface area contributed by atoms with Crippen molar-refractivity contribution in [1.29, 1.82) is 0 Å². The summed E-state index contributed by atoms with van der Waals surface area (Å²) in [5.74, 6) is 0. The Hall–Kier alpha value is -2.67. The van der Waals surface area contributed by atoms with Crippen LogP contribution in [0.4, 0.5) is 0 Å². The van der Waals surface area contributed by atoms with Gasteiger partial charge in [0.25, 0.3) is 0 Å². The van der Waals surface area contributed by atoms with Gasteiger partial charge >= 0.3 is 0 Å². The molecule has 0 spiro atoms. The maximum atomic E-state index is 4.93. The van der Waals surface area contributed by atoms with Crippen LogP contribution in [-0.2, 0) is 6.42 Å². The van der Waals surface area contributed by atoms with E-state index < -0.39 is 0 Å². The van der Waals surface area contributed by atoms with Gasteiger partial charge in [-0.25, -0.2) is 0 Å². The molecule has 1 aromatic heterocycles. The second kappa shape index (κ2) is 4.17. The van der Waals surface area contributed by atoms with Gasteiger partial charge in [0.05, 0.1) is 5.69 Å². The van der Waals surface area contributed by atoms with E-state index in [1.54, 1.807) is 0 Å². The molecule has 0 radical (unpaired) electrons. The Balaban J connectivity index is 1.88. The smallest absolute Gasteiger partial charge is 0.0750 e. The Morgan fingerprint density at radius 3 is 2.32 bits per heavy atom. The Kier molecular flexibility index (Phi) is 2.26. The molecule has 0 bridgehead atoms. The number of aryl methyl sites for hydroxylation is 1. The van der Waals surface area contributed by atoms with E-state index in [2.05, 4.69) is 67.6 Å². The normalized spacial score (nSPS) is 12.6. The molecule has 1 aliphatic rings. The lowest BCUT2D eigenvalue weighted by atomic mass is 10.0. The summed E-state index contributed by atoms with van der Waals surface area (Å²) in [6.07, 6.45) is 0.989. The van der Waals surface area contributed by atoms with Crippen LogP contribution in [0.1, 0.15) is 16.8 Å². The lowest BCUT2D eigenvalue weighted by Crippen LogP contribution is -1.92.